The SMILES string of the molecule is C=C(C/N=C(\C)c1cc(F)ccc1F)CNC(=C)c1cccc(C)c1. The molecule has 0 saturated heterocycles. The summed E-state index contributed by atoms with van der Waals surface area (Å²) in [5.74, 6) is -0.972. The predicted octanol–water partition coefficient (Wildman–Crippen LogP) is 4.90. The average molecular weight is 340 g/mol. The van der Waals surface area contributed by atoms with E-state index in [9.17, 15) is 8.78 Å². The fraction of sp³-hybridized carbons (Fsp3) is 0.190. The van der Waals surface area contributed by atoms with Gasteiger partial charge in [-0.15, -0.1) is 0 Å². The van der Waals surface area contributed by atoms with E-state index in [1.807, 2.05) is 31.2 Å². The van der Waals surface area contributed by atoms with Gasteiger partial charge >= 0.3 is 0 Å². The van der Waals surface area contributed by atoms with E-state index in [0.29, 0.717) is 18.8 Å². The van der Waals surface area contributed by atoms with Gasteiger partial charge in [0.05, 0.1) is 6.54 Å². The molecule has 0 aliphatic carbocycles. The van der Waals surface area contributed by atoms with Crippen LogP contribution >= 0.6 is 0 Å². The Morgan fingerprint density at radius 3 is 2.60 bits per heavy atom. The van der Waals surface area contributed by atoms with Crippen molar-refractivity contribution in [3.05, 3.63) is 89.5 Å². The van der Waals surface area contributed by atoms with E-state index in [1.54, 1.807) is 6.92 Å². The molecular weight excluding hydrogens is 318 g/mol. The van der Waals surface area contributed by atoms with Gasteiger partial charge in [0.15, 0.2) is 0 Å². The zero-order valence-corrected chi connectivity index (χ0v) is 14.6. The highest BCUT2D eigenvalue weighted by atomic mass is 19.1. The van der Waals surface area contributed by atoms with E-state index in [2.05, 4.69) is 23.5 Å². The van der Waals surface area contributed by atoms with Gasteiger partial charge in [-0.05, 0) is 49.2 Å². The minimum atomic E-state index is -0.487. The van der Waals surface area contributed by atoms with Crippen molar-refractivity contribution in [2.45, 2.75) is 13.8 Å². The number of rotatable bonds is 7. The Labute approximate surface area is 147 Å². The molecule has 130 valence electrons. The molecule has 0 fully saturated rings. The Kier molecular flexibility index (Phi) is 6.23. The number of nitrogens with one attached hydrogen (secondary N) is 1. The average Bonchev–Trinajstić information content (AvgIpc) is 2.59. The zero-order chi connectivity index (χ0) is 18.4. The van der Waals surface area contributed by atoms with Gasteiger partial charge in [-0.2, -0.15) is 0 Å². The quantitative estimate of drug-likeness (QED) is 0.563. The van der Waals surface area contributed by atoms with Crippen LogP contribution in [0.3, 0.4) is 0 Å². The molecule has 0 aliphatic rings. The molecule has 25 heavy (non-hydrogen) atoms. The van der Waals surface area contributed by atoms with E-state index in [0.717, 1.165) is 40.6 Å². The molecule has 0 amide bonds. The lowest BCUT2D eigenvalue weighted by molar-refractivity contribution is 0.598. The monoisotopic (exact) mass is 340 g/mol. The molecular formula is C21H22F2N2. The van der Waals surface area contributed by atoms with Crippen molar-refractivity contribution in [1.29, 1.82) is 0 Å². The lowest BCUT2D eigenvalue weighted by atomic mass is 10.1. The first-order chi connectivity index (χ1) is 11.9. The molecule has 2 rings (SSSR count). The van der Waals surface area contributed by atoms with Crippen molar-refractivity contribution in [3.63, 3.8) is 0 Å². The van der Waals surface area contributed by atoms with E-state index in [-0.39, 0.29) is 5.56 Å². The number of benzene rings is 2. The van der Waals surface area contributed by atoms with Gasteiger partial charge in [0.2, 0.25) is 0 Å². The van der Waals surface area contributed by atoms with Crippen LogP contribution in [0.4, 0.5) is 8.78 Å². The van der Waals surface area contributed by atoms with Gasteiger partial charge in [-0.25, -0.2) is 8.78 Å². The fourth-order valence-electron chi connectivity index (χ4n) is 2.31. The van der Waals surface area contributed by atoms with Crippen molar-refractivity contribution in [3.8, 4) is 0 Å². The van der Waals surface area contributed by atoms with Crippen LogP contribution in [0.25, 0.3) is 5.70 Å². The Hall–Kier alpha value is -2.75. The molecule has 0 heterocycles. The highest BCUT2D eigenvalue weighted by molar-refractivity contribution is 5.99. The molecule has 0 aliphatic heterocycles. The molecule has 2 nitrogen and oxygen atoms in total. The van der Waals surface area contributed by atoms with Crippen LogP contribution in [0.1, 0.15) is 23.6 Å². The first-order valence-corrected chi connectivity index (χ1v) is 7.99. The fourth-order valence-corrected chi connectivity index (χ4v) is 2.31. The van der Waals surface area contributed by atoms with Crippen molar-refractivity contribution in [1.82, 2.24) is 5.32 Å². The molecule has 0 spiro atoms. The number of halogens is 2. The third-order valence-electron chi connectivity index (χ3n) is 3.78. The van der Waals surface area contributed by atoms with Crippen LogP contribution in [-0.2, 0) is 0 Å². The van der Waals surface area contributed by atoms with Gasteiger partial charge in [0, 0.05) is 23.5 Å². The van der Waals surface area contributed by atoms with E-state index >= 15 is 0 Å². The van der Waals surface area contributed by atoms with Gasteiger partial charge in [0.25, 0.3) is 0 Å². The molecule has 4 heteroatoms. The Balaban J connectivity index is 1.92. The van der Waals surface area contributed by atoms with Crippen LogP contribution in [0.15, 0.2) is 66.2 Å². The number of nitrogens with zero attached hydrogens (tertiary/aromatic N) is 1. The van der Waals surface area contributed by atoms with E-state index in [1.165, 1.54) is 0 Å². The third-order valence-corrected chi connectivity index (χ3v) is 3.78. The highest BCUT2D eigenvalue weighted by Crippen LogP contribution is 2.13. The summed E-state index contributed by atoms with van der Waals surface area (Å²) < 4.78 is 27.0. The number of hydrogen-bond acceptors (Lipinski definition) is 2. The molecule has 0 bridgehead atoms. The van der Waals surface area contributed by atoms with Crippen LogP contribution < -0.4 is 5.32 Å². The van der Waals surface area contributed by atoms with Gasteiger partial charge in [0.1, 0.15) is 11.6 Å². The van der Waals surface area contributed by atoms with Crippen molar-refractivity contribution in [2.75, 3.05) is 13.1 Å². The highest BCUT2D eigenvalue weighted by Gasteiger charge is 2.07. The van der Waals surface area contributed by atoms with Gasteiger partial charge in [-0.3, -0.25) is 4.99 Å². The van der Waals surface area contributed by atoms with Crippen molar-refractivity contribution < 1.29 is 8.78 Å². The topological polar surface area (TPSA) is 24.4 Å². The molecule has 2 aromatic carbocycles. The van der Waals surface area contributed by atoms with Crippen LogP contribution in [-0.4, -0.2) is 18.8 Å². The first kappa shape index (κ1) is 18.6. The molecule has 0 aromatic heterocycles. The van der Waals surface area contributed by atoms with Crippen molar-refractivity contribution >= 4 is 11.4 Å². The molecule has 0 saturated carbocycles. The summed E-state index contributed by atoms with van der Waals surface area (Å²) in [6, 6.07) is 11.4. The standard InChI is InChI=1S/C21H22F2N2/c1-14-6-5-7-18(10-14)16(3)24-12-15(2)13-25-17(4)20-11-19(22)8-9-21(20)23/h5-11,24H,2-3,12-13H2,1,4H3/b25-17+. The normalized spacial score (nSPS) is 11.3. The van der Waals surface area contributed by atoms with Gasteiger partial charge < -0.3 is 5.32 Å². The second kappa shape index (κ2) is 8.38. The zero-order valence-electron chi connectivity index (χ0n) is 14.6. The molecule has 0 unspecified atom stereocenters. The summed E-state index contributed by atoms with van der Waals surface area (Å²) in [6.45, 7) is 12.5. The van der Waals surface area contributed by atoms with E-state index in [4.69, 9.17) is 0 Å². The summed E-state index contributed by atoms with van der Waals surface area (Å²) in [5, 5.41) is 3.21. The third kappa shape index (κ3) is 5.38. The molecule has 1 N–H and O–H groups in total. The first-order valence-electron chi connectivity index (χ1n) is 7.99. The smallest absolute Gasteiger partial charge is 0.132 e. The van der Waals surface area contributed by atoms with Crippen LogP contribution in [0, 0.1) is 18.6 Å². The second-order valence-electron chi connectivity index (χ2n) is 5.98. The second-order valence-corrected chi connectivity index (χ2v) is 5.98. The maximum Gasteiger partial charge on any atom is 0.132 e. The summed E-state index contributed by atoms with van der Waals surface area (Å²) >= 11 is 0. The predicted molar refractivity (Wildman–Crippen MR) is 101 cm³/mol. The maximum atomic E-state index is 13.7. The number of aryl methyl sites for hydroxylation is 1. The summed E-state index contributed by atoms with van der Waals surface area (Å²) in [4.78, 5) is 4.30. The molecule has 0 radical (unpaired) electrons. The molecule has 2 aromatic rings. The lowest BCUT2D eigenvalue weighted by Gasteiger charge is -2.11. The van der Waals surface area contributed by atoms with Gasteiger partial charge in [-0.1, -0.05) is 36.9 Å². The number of hydrogen-bond donors (Lipinski definition) is 1. The number of aliphatic imine (C=N–C) groups is 1. The Morgan fingerprint density at radius 2 is 1.88 bits per heavy atom. The minimum Gasteiger partial charge on any atom is -0.381 e. The Morgan fingerprint density at radius 1 is 1.12 bits per heavy atom. The maximum absolute atomic E-state index is 13.7. The summed E-state index contributed by atoms with van der Waals surface area (Å²) in [7, 11) is 0. The van der Waals surface area contributed by atoms with Crippen LogP contribution in [0.2, 0.25) is 0 Å². The van der Waals surface area contributed by atoms with E-state index < -0.39 is 11.6 Å². The lowest BCUT2D eigenvalue weighted by Crippen LogP contribution is -2.16. The largest absolute Gasteiger partial charge is 0.381 e. The minimum absolute atomic E-state index is 0.171. The van der Waals surface area contributed by atoms with Crippen LogP contribution in [0.5, 0.6) is 0 Å². The Bertz CT molecular complexity index is 822. The van der Waals surface area contributed by atoms with Crippen molar-refractivity contribution in [2.24, 2.45) is 4.99 Å². The summed E-state index contributed by atoms with van der Waals surface area (Å²) in [5.41, 5.74) is 4.43. The molecule has 0 atom stereocenters. The summed E-state index contributed by atoms with van der Waals surface area (Å²) in [6.07, 6.45) is 0.